The van der Waals surface area contributed by atoms with Gasteiger partial charge in [-0.2, -0.15) is 0 Å². The van der Waals surface area contributed by atoms with Crippen molar-refractivity contribution >= 4 is 5.96 Å². The van der Waals surface area contributed by atoms with Crippen molar-refractivity contribution in [3.63, 3.8) is 0 Å². The van der Waals surface area contributed by atoms with Crippen molar-refractivity contribution < 1.29 is 9.47 Å². The fourth-order valence-electron chi connectivity index (χ4n) is 3.70. The third kappa shape index (κ3) is 8.72. The zero-order valence-electron chi connectivity index (χ0n) is 19.0. The van der Waals surface area contributed by atoms with Gasteiger partial charge in [0, 0.05) is 25.8 Å². The molecule has 1 aliphatic rings. The second kappa shape index (κ2) is 13.1. The Morgan fingerprint density at radius 1 is 1.06 bits per heavy atom. The maximum Gasteiger partial charge on any atom is 0.191 e. The SMILES string of the molecule is CCNC(=NCc1cccc(COC2CCOCC2)c1)NC(C)CCc1ccccc1. The summed E-state index contributed by atoms with van der Waals surface area (Å²) in [5.41, 5.74) is 3.77. The summed E-state index contributed by atoms with van der Waals surface area (Å²) in [4.78, 5) is 4.81. The number of hydrogen-bond acceptors (Lipinski definition) is 3. The molecule has 0 spiro atoms. The Balaban J connectivity index is 1.49. The van der Waals surface area contributed by atoms with Crippen molar-refractivity contribution in [2.75, 3.05) is 19.8 Å². The molecule has 0 radical (unpaired) electrons. The normalized spacial score (nSPS) is 16.1. The van der Waals surface area contributed by atoms with E-state index in [1.807, 2.05) is 0 Å². The van der Waals surface area contributed by atoms with Gasteiger partial charge in [-0.05, 0) is 56.2 Å². The maximum atomic E-state index is 6.06. The van der Waals surface area contributed by atoms with Crippen LogP contribution < -0.4 is 10.6 Å². The average Bonchev–Trinajstić information content (AvgIpc) is 2.82. The van der Waals surface area contributed by atoms with Crippen molar-refractivity contribution in [3.8, 4) is 0 Å². The van der Waals surface area contributed by atoms with Crippen LogP contribution in [0.3, 0.4) is 0 Å². The second-order valence-corrected chi connectivity index (χ2v) is 8.21. The Hall–Kier alpha value is -2.37. The molecule has 5 heteroatoms. The van der Waals surface area contributed by atoms with Gasteiger partial charge in [-0.15, -0.1) is 0 Å². The highest BCUT2D eigenvalue weighted by Crippen LogP contribution is 2.14. The van der Waals surface area contributed by atoms with Crippen LogP contribution in [0.4, 0.5) is 0 Å². The van der Waals surface area contributed by atoms with Crippen LogP contribution in [0.25, 0.3) is 0 Å². The fourth-order valence-corrected chi connectivity index (χ4v) is 3.70. The van der Waals surface area contributed by atoms with Gasteiger partial charge in [0.05, 0.1) is 19.3 Å². The van der Waals surface area contributed by atoms with E-state index < -0.39 is 0 Å². The molecule has 1 saturated heterocycles. The number of aryl methyl sites for hydroxylation is 1. The zero-order chi connectivity index (χ0) is 21.7. The largest absolute Gasteiger partial charge is 0.381 e. The van der Waals surface area contributed by atoms with Gasteiger partial charge in [-0.1, -0.05) is 54.6 Å². The standard InChI is InChI=1S/C26H37N3O2/c1-3-27-26(29-21(2)12-13-22-8-5-4-6-9-22)28-19-23-10-7-11-24(18-23)20-31-25-14-16-30-17-15-25/h4-11,18,21,25H,3,12-17,19-20H2,1-2H3,(H2,27,28,29). The van der Waals surface area contributed by atoms with Gasteiger partial charge in [0.25, 0.3) is 0 Å². The molecule has 31 heavy (non-hydrogen) atoms. The molecule has 0 aliphatic carbocycles. The molecule has 0 aromatic heterocycles. The monoisotopic (exact) mass is 423 g/mol. The Bertz CT molecular complexity index is 788. The van der Waals surface area contributed by atoms with Crippen LogP contribution in [0.2, 0.25) is 0 Å². The van der Waals surface area contributed by atoms with Crippen LogP contribution in [-0.4, -0.2) is 37.9 Å². The first kappa shape index (κ1) is 23.3. The first-order chi connectivity index (χ1) is 15.2. The van der Waals surface area contributed by atoms with E-state index in [0.29, 0.717) is 25.3 Å². The molecule has 1 unspecified atom stereocenters. The maximum absolute atomic E-state index is 6.06. The number of hydrogen-bond donors (Lipinski definition) is 2. The molecule has 1 heterocycles. The minimum Gasteiger partial charge on any atom is -0.381 e. The number of rotatable bonds is 10. The van der Waals surface area contributed by atoms with Crippen LogP contribution in [0.5, 0.6) is 0 Å². The van der Waals surface area contributed by atoms with E-state index in [1.165, 1.54) is 16.7 Å². The van der Waals surface area contributed by atoms with Gasteiger partial charge in [-0.3, -0.25) is 0 Å². The highest BCUT2D eigenvalue weighted by Gasteiger charge is 2.14. The number of ether oxygens (including phenoxy) is 2. The molecule has 0 bridgehead atoms. The topological polar surface area (TPSA) is 54.9 Å². The lowest BCUT2D eigenvalue weighted by molar-refractivity contribution is -0.0390. The van der Waals surface area contributed by atoms with Crippen molar-refractivity contribution in [2.24, 2.45) is 4.99 Å². The van der Waals surface area contributed by atoms with E-state index in [4.69, 9.17) is 14.5 Å². The lowest BCUT2D eigenvalue weighted by Crippen LogP contribution is -2.42. The lowest BCUT2D eigenvalue weighted by atomic mass is 10.1. The molecule has 2 aromatic rings. The van der Waals surface area contributed by atoms with Crippen molar-refractivity contribution in [2.45, 2.75) is 64.8 Å². The molecule has 2 N–H and O–H groups in total. The summed E-state index contributed by atoms with van der Waals surface area (Å²) < 4.78 is 11.5. The Kier molecular flexibility index (Phi) is 9.87. The molecule has 5 nitrogen and oxygen atoms in total. The predicted molar refractivity (Wildman–Crippen MR) is 127 cm³/mol. The van der Waals surface area contributed by atoms with Gasteiger partial charge in [-0.25, -0.2) is 4.99 Å². The third-order valence-corrected chi connectivity index (χ3v) is 5.50. The number of guanidine groups is 1. The van der Waals surface area contributed by atoms with Gasteiger partial charge in [0.2, 0.25) is 0 Å². The molecule has 3 rings (SSSR count). The molecule has 168 valence electrons. The lowest BCUT2D eigenvalue weighted by Gasteiger charge is -2.22. The van der Waals surface area contributed by atoms with E-state index in [9.17, 15) is 0 Å². The number of nitrogens with zero attached hydrogens (tertiary/aromatic N) is 1. The van der Waals surface area contributed by atoms with E-state index in [-0.39, 0.29) is 0 Å². The first-order valence-electron chi connectivity index (χ1n) is 11.6. The molecule has 1 atom stereocenters. The number of aliphatic imine (C=N–C) groups is 1. The summed E-state index contributed by atoms with van der Waals surface area (Å²) in [6.45, 7) is 8.07. The van der Waals surface area contributed by atoms with Crippen LogP contribution in [0.1, 0.15) is 49.8 Å². The Morgan fingerprint density at radius 2 is 1.81 bits per heavy atom. The van der Waals surface area contributed by atoms with Crippen LogP contribution >= 0.6 is 0 Å². The predicted octanol–water partition coefficient (Wildman–Crippen LogP) is 4.46. The van der Waals surface area contributed by atoms with E-state index in [0.717, 1.165) is 51.4 Å². The highest BCUT2D eigenvalue weighted by molar-refractivity contribution is 5.80. The fraction of sp³-hybridized carbons (Fsp3) is 0.500. The summed E-state index contributed by atoms with van der Waals surface area (Å²) in [5.74, 6) is 0.868. The van der Waals surface area contributed by atoms with Crippen molar-refractivity contribution in [3.05, 3.63) is 71.3 Å². The van der Waals surface area contributed by atoms with E-state index in [1.54, 1.807) is 0 Å². The average molecular weight is 424 g/mol. The quantitative estimate of drug-likeness (QED) is 0.438. The second-order valence-electron chi connectivity index (χ2n) is 8.21. The van der Waals surface area contributed by atoms with E-state index in [2.05, 4.69) is 79.1 Å². The number of benzene rings is 2. The molecule has 1 fully saturated rings. The van der Waals surface area contributed by atoms with Crippen molar-refractivity contribution in [1.29, 1.82) is 0 Å². The van der Waals surface area contributed by atoms with Crippen molar-refractivity contribution in [1.82, 2.24) is 10.6 Å². The Labute approximate surface area is 187 Å². The minimum atomic E-state index is 0.317. The molecule has 0 saturated carbocycles. The summed E-state index contributed by atoms with van der Waals surface area (Å²) in [6.07, 6.45) is 4.42. The Morgan fingerprint density at radius 3 is 2.58 bits per heavy atom. The molecule has 0 amide bonds. The number of nitrogens with one attached hydrogen (secondary N) is 2. The van der Waals surface area contributed by atoms with Gasteiger partial charge < -0.3 is 20.1 Å². The minimum absolute atomic E-state index is 0.317. The summed E-state index contributed by atoms with van der Waals surface area (Å²) >= 11 is 0. The van der Waals surface area contributed by atoms with Gasteiger partial charge in [0.15, 0.2) is 5.96 Å². The molecule has 2 aromatic carbocycles. The van der Waals surface area contributed by atoms with Crippen LogP contribution in [0, 0.1) is 0 Å². The van der Waals surface area contributed by atoms with Crippen LogP contribution in [0.15, 0.2) is 59.6 Å². The molecular weight excluding hydrogens is 386 g/mol. The van der Waals surface area contributed by atoms with E-state index >= 15 is 0 Å². The zero-order valence-corrected chi connectivity index (χ0v) is 19.0. The van der Waals surface area contributed by atoms with Gasteiger partial charge in [0.1, 0.15) is 0 Å². The molecule has 1 aliphatic heterocycles. The smallest absolute Gasteiger partial charge is 0.191 e. The summed E-state index contributed by atoms with van der Waals surface area (Å²) in [6, 6.07) is 19.5. The first-order valence-corrected chi connectivity index (χ1v) is 11.6. The van der Waals surface area contributed by atoms with Crippen LogP contribution in [-0.2, 0) is 29.0 Å². The van der Waals surface area contributed by atoms with Gasteiger partial charge >= 0.3 is 0 Å². The summed E-state index contributed by atoms with van der Waals surface area (Å²) in [7, 11) is 0. The molecular formula is C26H37N3O2. The summed E-state index contributed by atoms with van der Waals surface area (Å²) in [5, 5.41) is 6.91. The highest BCUT2D eigenvalue weighted by atomic mass is 16.5. The third-order valence-electron chi connectivity index (χ3n) is 5.50.